The number of allylic oxidation sites excluding steroid dienone is 1. The number of halogens is 1. The second-order valence-corrected chi connectivity index (χ2v) is 23.4. The van der Waals surface area contributed by atoms with E-state index in [9.17, 15) is 34.5 Å². The van der Waals surface area contributed by atoms with Gasteiger partial charge in [-0.2, -0.15) is 0 Å². The molecule has 0 heterocycles. The van der Waals surface area contributed by atoms with E-state index >= 15 is 0 Å². The van der Waals surface area contributed by atoms with Gasteiger partial charge in [0.25, 0.3) is 5.91 Å². The van der Waals surface area contributed by atoms with Gasteiger partial charge in [0.05, 0.1) is 30.1 Å². The third kappa shape index (κ3) is 7.15. The minimum Gasteiger partial charge on any atom is -0.481 e. The Morgan fingerprint density at radius 3 is 2.16 bits per heavy atom. The number of carboxylic acid groups (broad SMARTS) is 1. The minimum absolute atomic E-state index is 0.0100. The molecule has 1 amide bonds. The van der Waals surface area contributed by atoms with Crippen LogP contribution in [0.25, 0.3) is 0 Å². The van der Waals surface area contributed by atoms with Gasteiger partial charge >= 0.3 is 11.9 Å². The number of carbonyl (C=O) groups is 4. The molecule has 5 saturated carbocycles. The van der Waals surface area contributed by atoms with Crippen molar-refractivity contribution in [1.29, 1.82) is 0 Å². The summed E-state index contributed by atoms with van der Waals surface area (Å²) >= 11 is 6.02. The van der Waals surface area contributed by atoms with Crippen LogP contribution in [-0.4, -0.2) is 76.4 Å². The number of Topliss-reactive ketones (excluding diaryl/α,β-unsaturated/α-hetero) is 1. The smallest absolute Gasteiger partial charge is 0.309 e. The highest BCUT2D eigenvalue weighted by molar-refractivity contribution is 6.30. The summed E-state index contributed by atoms with van der Waals surface area (Å²) in [5.41, 5.74) is -0.0837. The van der Waals surface area contributed by atoms with Crippen LogP contribution in [0.15, 0.2) is 35.4 Å². The van der Waals surface area contributed by atoms with E-state index in [4.69, 9.17) is 16.3 Å². The van der Waals surface area contributed by atoms with Gasteiger partial charge in [-0.15, -0.1) is 0 Å². The number of hydrogen-bond donors (Lipinski definition) is 5. The first kappa shape index (κ1) is 46.2. The molecule has 0 aliphatic heterocycles. The van der Waals surface area contributed by atoms with Crippen molar-refractivity contribution < 1.29 is 39.2 Å². The summed E-state index contributed by atoms with van der Waals surface area (Å²) < 4.78 is 6.42. The van der Waals surface area contributed by atoms with Gasteiger partial charge in [0.1, 0.15) is 6.10 Å². The second kappa shape index (κ2) is 15.7. The number of aliphatic hydroxyl groups excluding tert-OH is 2. The fourth-order valence-corrected chi connectivity index (χ4v) is 15.1. The van der Waals surface area contributed by atoms with Crippen LogP contribution in [0.5, 0.6) is 0 Å². The number of carboxylic acids is 1. The summed E-state index contributed by atoms with van der Waals surface area (Å²) in [5, 5.41) is 39.3. The highest BCUT2D eigenvalue weighted by Crippen LogP contribution is 2.77. The number of rotatable bonds is 12. The number of aliphatic carboxylic acids is 1. The van der Waals surface area contributed by atoms with E-state index in [-0.39, 0.29) is 77.0 Å². The molecule has 338 valence electrons. The summed E-state index contributed by atoms with van der Waals surface area (Å²) in [6.45, 7) is 22.0. The first-order valence-electron chi connectivity index (χ1n) is 23.1. The average Bonchev–Trinajstić information content (AvgIpc) is 3.49. The summed E-state index contributed by atoms with van der Waals surface area (Å²) in [4.78, 5) is 52.8. The Morgan fingerprint density at radius 2 is 1.56 bits per heavy atom. The summed E-state index contributed by atoms with van der Waals surface area (Å²) in [7, 11) is 0. The third-order valence-electron chi connectivity index (χ3n) is 18.9. The zero-order chi connectivity index (χ0) is 44.9. The number of hydrogen-bond acceptors (Lipinski definition) is 8. The fourth-order valence-electron chi connectivity index (χ4n) is 15.0. The monoisotopic (exact) mass is 865 g/mol. The Morgan fingerprint density at radius 1 is 0.885 bits per heavy atom. The predicted octanol–water partition coefficient (Wildman–Crippen LogP) is 8.41. The van der Waals surface area contributed by atoms with Crippen LogP contribution in [0.1, 0.15) is 144 Å². The molecule has 0 saturated heterocycles. The van der Waals surface area contributed by atoms with E-state index in [1.807, 2.05) is 13.8 Å². The molecule has 6 aliphatic rings. The molecule has 6 aliphatic carbocycles. The molecule has 1 aromatic carbocycles. The zero-order valence-electron chi connectivity index (χ0n) is 38.4. The lowest BCUT2D eigenvalue weighted by atomic mass is 9.33. The topological polar surface area (TPSA) is 162 Å². The molecular formula is C50H73ClN2O8. The molecule has 5 N–H and O–H groups in total. The van der Waals surface area contributed by atoms with Gasteiger partial charge in [-0.1, -0.05) is 79.5 Å². The lowest BCUT2D eigenvalue weighted by Gasteiger charge is -2.72. The number of amides is 1. The van der Waals surface area contributed by atoms with Crippen molar-refractivity contribution in [3.63, 3.8) is 0 Å². The van der Waals surface area contributed by atoms with Crippen molar-refractivity contribution in [2.24, 2.45) is 68.0 Å². The van der Waals surface area contributed by atoms with Crippen molar-refractivity contribution in [3.05, 3.63) is 46.0 Å². The van der Waals surface area contributed by atoms with E-state index in [1.165, 1.54) is 5.57 Å². The van der Waals surface area contributed by atoms with Crippen LogP contribution in [0.3, 0.4) is 0 Å². The van der Waals surface area contributed by atoms with Crippen molar-refractivity contribution in [3.8, 4) is 0 Å². The fraction of sp³-hybridized carbons (Fsp3) is 0.760. The molecule has 0 radical (unpaired) electrons. The number of aliphatic hydroxyl groups is 2. The van der Waals surface area contributed by atoms with Crippen molar-refractivity contribution in [2.75, 3.05) is 19.7 Å². The Kier molecular flexibility index (Phi) is 11.9. The van der Waals surface area contributed by atoms with Crippen LogP contribution in [-0.2, 0) is 19.1 Å². The molecule has 10 nitrogen and oxygen atoms in total. The normalized spacial score (nSPS) is 38.8. The van der Waals surface area contributed by atoms with Crippen LogP contribution < -0.4 is 10.6 Å². The number of benzene rings is 1. The third-order valence-corrected chi connectivity index (χ3v) is 19.1. The largest absolute Gasteiger partial charge is 0.481 e. The summed E-state index contributed by atoms with van der Waals surface area (Å²) in [6.07, 6.45) is 7.02. The van der Waals surface area contributed by atoms with Gasteiger partial charge in [-0.25, -0.2) is 0 Å². The number of ether oxygens (including phenoxy) is 1. The number of ketones is 1. The molecule has 7 rings (SSSR count). The van der Waals surface area contributed by atoms with E-state index in [1.54, 1.807) is 31.2 Å². The molecule has 11 heteroatoms. The maximum atomic E-state index is 14.2. The SMILES string of the molecule is CC(C)C1=C2[C@H]3CC[C@@H]4[C@@]5(C)CC[C@H](OC(=O)[C@H]6C[C@@H](C(=O)O)C6(C)C)C(C)(C)[C@@H]5CC[C@@]4(C)[C@]3(C)CC[C@@]2([C@@H](O)CNCC(C)(CO)NC(=O)c2ccc(Cl)cc2)CC1=O. The van der Waals surface area contributed by atoms with Gasteiger partial charge in [-0.3, -0.25) is 19.2 Å². The number of carbonyl (C=O) groups excluding carboxylic acids is 3. The van der Waals surface area contributed by atoms with Crippen LogP contribution >= 0.6 is 11.6 Å². The number of esters is 1. The van der Waals surface area contributed by atoms with Gasteiger partial charge in [0, 0.05) is 40.9 Å². The average molecular weight is 866 g/mol. The second-order valence-electron chi connectivity index (χ2n) is 23.0. The molecule has 0 aromatic heterocycles. The van der Waals surface area contributed by atoms with Crippen LogP contribution in [0, 0.1) is 68.0 Å². The standard InChI is InChI=1S/C50H73ClN2O8/c1-28(2)39-34(55)24-50(37(56)25-52-26-46(7,27-54)53-41(57)29-11-13-30(51)14-12-29)22-21-48(9)31(40(39)50)15-16-36-47(8)19-18-38(45(5,6)35(47)17-20-49(36,48)10)61-43(60)33-23-32(42(58)59)44(33,3)4/h11-14,28,31-33,35-38,52,54,56H,15-27H2,1-10H3,(H,53,57)(H,58,59)/t31-,32+,33-,35+,36-,37+,38+,46?,47+,48-,49-,50+/m1/s1. The Bertz CT molecular complexity index is 1960. The van der Waals surface area contributed by atoms with E-state index in [0.29, 0.717) is 35.3 Å². The Balaban J connectivity index is 1.09. The van der Waals surface area contributed by atoms with Crippen molar-refractivity contribution in [1.82, 2.24) is 10.6 Å². The van der Waals surface area contributed by atoms with E-state index in [0.717, 1.165) is 56.9 Å². The minimum atomic E-state index is -0.997. The van der Waals surface area contributed by atoms with Gasteiger partial charge in [0.2, 0.25) is 0 Å². The first-order chi connectivity index (χ1) is 28.3. The summed E-state index contributed by atoms with van der Waals surface area (Å²) in [6, 6.07) is 6.59. The quantitative estimate of drug-likeness (QED) is 0.130. The van der Waals surface area contributed by atoms with Gasteiger partial charge < -0.3 is 30.7 Å². The van der Waals surface area contributed by atoms with Crippen molar-refractivity contribution >= 4 is 35.2 Å². The lowest BCUT2D eigenvalue weighted by molar-refractivity contribution is -0.238. The van der Waals surface area contributed by atoms with E-state index < -0.39 is 40.3 Å². The molecule has 12 atom stereocenters. The number of fused-ring (bicyclic) bond motifs is 7. The maximum Gasteiger partial charge on any atom is 0.309 e. The van der Waals surface area contributed by atoms with Crippen LogP contribution in [0.2, 0.25) is 5.02 Å². The molecule has 0 spiro atoms. The molecular weight excluding hydrogens is 792 g/mol. The molecule has 5 fully saturated rings. The Hall–Kier alpha value is -2.79. The van der Waals surface area contributed by atoms with Gasteiger partial charge in [-0.05, 0) is 140 Å². The lowest BCUT2D eigenvalue weighted by Crippen LogP contribution is -2.66. The predicted molar refractivity (Wildman–Crippen MR) is 236 cm³/mol. The number of nitrogens with one attached hydrogen (secondary N) is 2. The molecule has 1 unspecified atom stereocenters. The van der Waals surface area contributed by atoms with Crippen molar-refractivity contribution in [2.45, 2.75) is 151 Å². The molecule has 61 heavy (non-hydrogen) atoms. The first-order valence-corrected chi connectivity index (χ1v) is 23.5. The molecule has 1 aromatic rings. The summed E-state index contributed by atoms with van der Waals surface area (Å²) in [5.74, 6) is -1.22. The van der Waals surface area contributed by atoms with Gasteiger partial charge in [0.15, 0.2) is 5.78 Å². The zero-order valence-corrected chi connectivity index (χ0v) is 39.1. The van der Waals surface area contributed by atoms with E-state index in [2.05, 4.69) is 59.1 Å². The molecule has 0 bridgehead atoms. The maximum absolute atomic E-state index is 14.2. The van der Waals surface area contributed by atoms with Crippen LogP contribution in [0.4, 0.5) is 0 Å². The highest BCUT2D eigenvalue weighted by atomic mass is 35.5. The highest BCUT2D eigenvalue weighted by Gasteiger charge is 2.71. The Labute approximate surface area is 368 Å².